The monoisotopic (exact) mass is 382 g/mol. The van der Waals surface area contributed by atoms with Gasteiger partial charge in [0.2, 0.25) is 10.0 Å². The number of nitro groups is 1. The topological polar surface area (TPSA) is 120 Å². The summed E-state index contributed by atoms with van der Waals surface area (Å²) in [5.41, 5.74) is -0.367. The lowest BCUT2D eigenvalue weighted by atomic mass is 10.3. The van der Waals surface area contributed by atoms with Crippen LogP contribution in [-0.2, 0) is 26.1 Å². The van der Waals surface area contributed by atoms with Crippen molar-refractivity contribution < 1.29 is 27.3 Å². The first-order chi connectivity index (χ1) is 12.2. The molecule has 0 fully saturated rings. The van der Waals surface area contributed by atoms with Crippen molar-refractivity contribution in [1.82, 2.24) is 4.31 Å². The highest BCUT2D eigenvalue weighted by Crippen LogP contribution is 2.22. The minimum Gasteiger partial charge on any atom is -0.468 e. The van der Waals surface area contributed by atoms with E-state index in [0.29, 0.717) is 5.76 Å². The molecular formula is C16H18N2O7S. The molecule has 0 N–H and O–H groups in total. The third-order valence-electron chi connectivity index (χ3n) is 3.25. The molecule has 0 radical (unpaired) electrons. The molecule has 26 heavy (non-hydrogen) atoms. The van der Waals surface area contributed by atoms with Crippen molar-refractivity contribution in [3.8, 4) is 0 Å². The molecule has 0 amide bonds. The lowest BCUT2D eigenvalue weighted by molar-refractivity contribution is -0.385. The Morgan fingerprint density at radius 2 is 2.04 bits per heavy atom. The maximum Gasteiger partial charge on any atom is 0.321 e. The van der Waals surface area contributed by atoms with Crippen LogP contribution in [0.4, 0.5) is 5.69 Å². The molecule has 1 aromatic heterocycles. The Kier molecular flexibility index (Phi) is 6.11. The highest BCUT2D eigenvalue weighted by molar-refractivity contribution is 7.89. The number of benzene rings is 1. The number of ether oxygens (including phenoxy) is 1. The van der Waals surface area contributed by atoms with E-state index < -0.39 is 33.6 Å². The standard InChI is InChI=1S/C16H18N2O7S/c1-12(2)25-16(19)11-17(10-14-6-4-8-24-14)26(22,23)15-7-3-5-13(9-15)18(20)21/h3-9,12H,10-11H2,1-2H3. The van der Waals surface area contributed by atoms with E-state index in [1.807, 2.05) is 0 Å². The van der Waals surface area contributed by atoms with Crippen molar-refractivity contribution in [3.63, 3.8) is 0 Å². The number of hydrogen-bond acceptors (Lipinski definition) is 7. The molecule has 0 saturated heterocycles. The highest BCUT2D eigenvalue weighted by Gasteiger charge is 2.29. The Bertz CT molecular complexity index is 876. The fraction of sp³-hybridized carbons (Fsp3) is 0.312. The van der Waals surface area contributed by atoms with Crippen molar-refractivity contribution in [1.29, 1.82) is 0 Å². The molecule has 2 rings (SSSR count). The molecule has 10 heteroatoms. The molecule has 0 atom stereocenters. The van der Waals surface area contributed by atoms with Gasteiger partial charge in [-0.2, -0.15) is 4.31 Å². The van der Waals surface area contributed by atoms with E-state index in [1.54, 1.807) is 26.0 Å². The number of furan rings is 1. The molecule has 0 unspecified atom stereocenters. The third-order valence-corrected chi connectivity index (χ3v) is 5.04. The summed E-state index contributed by atoms with van der Waals surface area (Å²) in [6, 6.07) is 7.76. The fourth-order valence-electron chi connectivity index (χ4n) is 2.15. The summed E-state index contributed by atoms with van der Waals surface area (Å²) in [5, 5.41) is 10.9. The largest absolute Gasteiger partial charge is 0.468 e. The van der Waals surface area contributed by atoms with E-state index in [9.17, 15) is 23.3 Å². The Labute approximate surface area is 150 Å². The number of esters is 1. The number of non-ortho nitro benzene ring substituents is 1. The number of nitro benzene ring substituents is 1. The van der Waals surface area contributed by atoms with Crippen molar-refractivity contribution in [2.45, 2.75) is 31.4 Å². The molecule has 0 aliphatic carbocycles. The quantitative estimate of drug-likeness (QED) is 0.390. The number of carbonyl (C=O) groups excluding carboxylic acids is 1. The van der Waals surface area contributed by atoms with Gasteiger partial charge in [-0.05, 0) is 32.0 Å². The van der Waals surface area contributed by atoms with Crippen LogP contribution in [0.1, 0.15) is 19.6 Å². The Morgan fingerprint density at radius 3 is 2.62 bits per heavy atom. The SMILES string of the molecule is CC(C)OC(=O)CN(Cc1ccco1)S(=O)(=O)c1cccc([N+](=O)[O-])c1. The molecular weight excluding hydrogens is 364 g/mol. The van der Waals surface area contributed by atoms with Crippen LogP contribution in [0, 0.1) is 10.1 Å². The maximum atomic E-state index is 12.9. The smallest absolute Gasteiger partial charge is 0.321 e. The van der Waals surface area contributed by atoms with Gasteiger partial charge in [-0.3, -0.25) is 14.9 Å². The summed E-state index contributed by atoms with van der Waals surface area (Å²) in [6.45, 7) is 2.52. The second kappa shape index (κ2) is 8.11. The summed E-state index contributed by atoms with van der Waals surface area (Å²) >= 11 is 0. The summed E-state index contributed by atoms with van der Waals surface area (Å²) in [6.07, 6.45) is 0.966. The van der Waals surface area contributed by atoms with Gasteiger partial charge < -0.3 is 9.15 Å². The van der Waals surface area contributed by atoms with E-state index in [0.717, 1.165) is 10.4 Å². The van der Waals surface area contributed by atoms with Gasteiger partial charge in [-0.15, -0.1) is 0 Å². The molecule has 140 valence electrons. The van der Waals surface area contributed by atoms with E-state index in [2.05, 4.69) is 0 Å². The third kappa shape index (κ3) is 4.90. The lowest BCUT2D eigenvalue weighted by Gasteiger charge is -2.21. The Hall–Kier alpha value is -2.72. The molecule has 0 aliphatic rings. The van der Waals surface area contributed by atoms with Crippen LogP contribution in [0.5, 0.6) is 0 Å². The van der Waals surface area contributed by atoms with Crippen LogP contribution in [0.15, 0.2) is 52.0 Å². The lowest BCUT2D eigenvalue weighted by Crippen LogP contribution is -2.36. The van der Waals surface area contributed by atoms with E-state index >= 15 is 0 Å². The fourth-order valence-corrected chi connectivity index (χ4v) is 3.54. The van der Waals surface area contributed by atoms with Crippen LogP contribution >= 0.6 is 0 Å². The summed E-state index contributed by atoms with van der Waals surface area (Å²) in [5.74, 6) is -0.420. The van der Waals surface area contributed by atoms with Crippen LogP contribution in [0.25, 0.3) is 0 Å². The van der Waals surface area contributed by atoms with Crippen LogP contribution in [0.2, 0.25) is 0 Å². The van der Waals surface area contributed by atoms with Gasteiger partial charge in [0.25, 0.3) is 5.69 Å². The first-order valence-electron chi connectivity index (χ1n) is 7.66. The predicted octanol–water partition coefficient (Wildman–Crippen LogP) is 2.33. The number of sulfonamides is 1. The van der Waals surface area contributed by atoms with Gasteiger partial charge in [-0.1, -0.05) is 6.07 Å². The van der Waals surface area contributed by atoms with Crippen LogP contribution < -0.4 is 0 Å². The zero-order chi connectivity index (χ0) is 19.3. The maximum absolute atomic E-state index is 12.9. The molecule has 2 aromatic rings. The van der Waals surface area contributed by atoms with Crippen molar-refractivity contribution in [2.75, 3.05) is 6.54 Å². The molecule has 0 spiro atoms. The highest BCUT2D eigenvalue weighted by atomic mass is 32.2. The Morgan fingerprint density at radius 1 is 1.31 bits per heavy atom. The summed E-state index contributed by atoms with van der Waals surface area (Å²) in [7, 11) is -4.20. The van der Waals surface area contributed by atoms with Gasteiger partial charge in [0.05, 0.1) is 28.7 Å². The molecule has 0 bridgehead atoms. The van der Waals surface area contributed by atoms with E-state index in [4.69, 9.17) is 9.15 Å². The zero-order valence-corrected chi connectivity index (χ0v) is 15.0. The van der Waals surface area contributed by atoms with Crippen LogP contribution in [0.3, 0.4) is 0 Å². The van der Waals surface area contributed by atoms with Gasteiger partial charge >= 0.3 is 5.97 Å². The first kappa shape index (κ1) is 19.6. The van der Waals surface area contributed by atoms with E-state index in [-0.39, 0.29) is 17.1 Å². The second-order valence-corrected chi connectivity index (χ2v) is 7.58. The van der Waals surface area contributed by atoms with Gasteiger partial charge in [-0.25, -0.2) is 8.42 Å². The summed E-state index contributed by atoms with van der Waals surface area (Å²) < 4.78 is 36.8. The average molecular weight is 382 g/mol. The molecule has 1 heterocycles. The molecule has 0 aliphatic heterocycles. The molecule has 1 aromatic carbocycles. The molecule has 9 nitrogen and oxygen atoms in total. The number of nitrogens with zero attached hydrogens (tertiary/aromatic N) is 2. The van der Waals surface area contributed by atoms with Crippen molar-refractivity contribution in [2.24, 2.45) is 0 Å². The average Bonchev–Trinajstić information content (AvgIpc) is 3.06. The molecule has 0 saturated carbocycles. The van der Waals surface area contributed by atoms with E-state index in [1.165, 1.54) is 24.5 Å². The first-order valence-corrected chi connectivity index (χ1v) is 9.10. The van der Waals surface area contributed by atoms with Crippen LogP contribution in [-0.4, -0.2) is 36.3 Å². The number of carbonyl (C=O) groups is 1. The Balaban J connectivity index is 2.36. The van der Waals surface area contributed by atoms with Gasteiger partial charge in [0, 0.05) is 12.1 Å². The number of rotatable bonds is 8. The van der Waals surface area contributed by atoms with Crippen molar-refractivity contribution in [3.05, 3.63) is 58.5 Å². The van der Waals surface area contributed by atoms with Gasteiger partial charge in [0.1, 0.15) is 12.3 Å². The predicted molar refractivity (Wildman–Crippen MR) is 90.6 cm³/mol. The van der Waals surface area contributed by atoms with Crippen molar-refractivity contribution >= 4 is 21.7 Å². The van der Waals surface area contributed by atoms with Gasteiger partial charge in [0.15, 0.2) is 0 Å². The zero-order valence-electron chi connectivity index (χ0n) is 14.2. The second-order valence-electron chi connectivity index (χ2n) is 5.65. The minimum absolute atomic E-state index is 0.217. The normalized spacial score (nSPS) is 11.7. The summed E-state index contributed by atoms with van der Waals surface area (Å²) in [4.78, 5) is 21.9. The number of hydrogen-bond donors (Lipinski definition) is 0. The minimum atomic E-state index is -4.20.